The molecule has 8 nitrogen and oxygen atoms in total. The van der Waals surface area contributed by atoms with Gasteiger partial charge < -0.3 is 15.2 Å². The lowest BCUT2D eigenvalue weighted by atomic mass is 9.93. The van der Waals surface area contributed by atoms with E-state index in [1.807, 2.05) is 0 Å². The fourth-order valence-electron chi connectivity index (χ4n) is 5.19. The Morgan fingerprint density at radius 3 is 2.76 bits per heavy atom. The van der Waals surface area contributed by atoms with E-state index in [0.717, 1.165) is 63.3 Å². The summed E-state index contributed by atoms with van der Waals surface area (Å²) >= 11 is 0. The van der Waals surface area contributed by atoms with E-state index in [9.17, 15) is 4.79 Å². The smallest absolute Gasteiger partial charge is 0.224 e. The van der Waals surface area contributed by atoms with Crippen LogP contribution in [0.15, 0.2) is 43.0 Å². The number of piperidine rings is 2. The Bertz CT molecular complexity index is 1050. The van der Waals surface area contributed by atoms with Gasteiger partial charge in [0, 0.05) is 26.2 Å². The number of hydrogen-bond donors (Lipinski definition) is 2. The predicted molar refractivity (Wildman–Crippen MR) is 129 cm³/mol. The quantitative estimate of drug-likeness (QED) is 0.579. The molecule has 4 heterocycles. The maximum atomic E-state index is 12.9. The molecule has 33 heavy (non-hydrogen) atoms. The van der Waals surface area contributed by atoms with Crippen molar-refractivity contribution in [1.82, 2.24) is 30.2 Å². The number of hydrogen-bond acceptors (Lipinski definition) is 6. The molecule has 0 bridgehead atoms. The van der Waals surface area contributed by atoms with Gasteiger partial charge in [-0.05, 0) is 56.7 Å². The van der Waals surface area contributed by atoms with Crippen LogP contribution in [-0.2, 0) is 11.3 Å². The van der Waals surface area contributed by atoms with E-state index in [1.54, 1.807) is 12.7 Å². The molecule has 2 saturated heterocycles. The van der Waals surface area contributed by atoms with Crippen molar-refractivity contribution in [2.24, 2.45) is 11.8 Å². The minimum atomic E-state index is -0.000550. The number of aromatic amines is 1. The lowest BCUT2D eigenvalue weighted by molar-refractivity contribution is -0.125. The summed E-state index contributed by atoms with van der Waals surface area (Å²) in [4.78, 5) is 33.6. The SMILES string of the molecule is O=C(NCCC1CCN(Cc2ccccc2)CC1)[C@@H]1CCCN(c2ncnc3nc[nH]c23)C1. The second-order valence-corrected chi connectivity index (χ2v) is 9.37. The van der Waals surface area contributed by atoms with Gasteiger partial charge in [0.1, 0.15) is 11.8 Å². The Labute approximate surface area is 194 Å². The molecule has 174 valence electrons. The number of carbonyl (C=O) groups is 1. The van der Waals surface area contributed by atoms with Crippen molar-refractivity contribution in [2.75, 3.05) is 37.6 Å². The Morgan fingerprint density at radius 1 is 1.06 bits per heavy atom. The van der Waals surface area contributed by atoms with Crippen LogP contribution in [0, 0.1) is 11.8 Å². The number of nitrogens with one attached hydrogen (secondary N) is 2. The number of amides is 1. The van der Waals surface area contributed by atoms with Crippen molar-refractivity contribution in [3.63, 3.8) is 0 Å². The van der Waals surface area contributed by atoms with E-state index in [1.165, 1.54) is 18.4 Å². The highest BCUT2D eigenvalue weighted by Gasteiger charge is 2.28. The monoisotopic (exact) mass is 447 g/mol. The molecule has 2 aliphatic rings. The average molecular weight is 448 g/mol. The van der Waals surface area contributed by atoms with E-state index in [4.69, 9.17) is 0 Å². The number of benzene rings is 1. The standard InChI is InChI=1S/C25H33N7O/c33-25(21-7-4-12-32(16-21)24-22-23(28-17-27-22)29-18-30-24)26-11-8-19-9-13-31(14-10-19)15-20-5-2-1-3-6-20/h1-3,5-6,17-19,21H,4,7-16H2,(H,26,33)(H,27,28,29,30)/t21-/m1/s1. The summed E-state index contributed by atoms with van der Waals surface area (Å²) in [6.07, 6.45) is 8.61. The lowest BCUT2D eigenvalue weighted by Gasteiger charge is -2.33. The number of nitrogens with zero attached hydrogens (tertiary/aromatic N) is 5. The number of carbonyl (C=O) groups excluding carboxylic acids is 1. The third kappa shape index (κ3) is 5.33. The molecule has 2 aliphatic heterocycles. The minimum Gasteiger partial charge on any atom is -0.356 e. The molecule has 0 aliphatic carbocycles. The van der Waals surface area contributed by atoms with Gasteiger partial charge in [-0.25, -0.2) is 15.0 Å². The van der Waals surface area contributed by atoms with E-state index in [-0.39, 0.29) is 11.8 Å². The highest BCUT2D eigenvalue weighted by atomic mass is 16.1. The predicted octanol–water partition coefficient (Wildman–Crippen LogP) is 2.99. The highest BCUT2D eigenvalue weighted by Crippen LogP contribution is 2.26. The Morgan fingerprint density at radius 2 is 1.91 bits per heavy atom. The van der Waals surface area contributed by atoms with Crippen LogP contribution in [0.25, 0.3) is 11.2 Å². The van der Waals surface area contributed by atoms with Crippen LogP contribution in [-0.4, -0.2) is 63.5 Å². The molecule has 8 heteroatoms. The van der Waals surface area contributed by atoms with Gasteiger partial charge in [0.2, 0.25) is 5.91 Å². The number of H-pyrrole nitrogens is 1. The summed E-state index contributed by atoms with van der Waals surface area (Å²) in [5.41, 5.74) is 2.90. The Balaban J connectivity index is 1.05. The molecule has 0 radical (unpaired) electrons. The Hall–Kier alpha value is -3.00. The highest BCUT2D eigenvalue weighted by molar-refractivity contribution is 5.84. The second kappa shape index (κ2) is 10.3. The van der Waals surface area contributed by atoms with Gasteiger partial charge in [-0.2, -0.15) is 0 Å². The molecular weight excluding hydrogens is 414 g/mol. The molecule has 0 spiro atoms. The molecule has 3 aromatic rings. The van der Waals surface area contributed by atoms with Crippen LogP contribution < -0.4 is 10.2 Å². The van der Waals surface area contributed by atoms with Crippen molar-refractivity contribution < 1.29 is 4.79 Å². The normalized spacial score (nSPS) is 20.2. The molecule has 2 fully saturated rings. The van der Waals surface area contributed by atoms with Crippen LogP contribution in [0.4, 0.5) is 5.82 Å². The zero-order valence-electron chi connectivity index (χ0n) is 19.1. The molecule has 5 rings (SSSR count). The molecule has 1 atom stereocenters. The first-order valence-corrected chi connectivity index (χ1v) is 12.2. The summed E-state index contributed by atoms with van der Waals surface area (Å²) in [6, 6.07) is 10.7. The van der Waals surface area contributed by atoms with E-state index in [0.29, 0.717) is 18.1 Å². The Kier molecular flexibility index (Phi) is 6.81. The van der Waals surface area contributed by atoms with E-state index in [2.05, 4.69) is 65.4 Å². The van der Waals surface area contributed by atoms with Crippen molar-refractivity contribution in [2.45, 2.75) is 38.6 Å². The number of aromatic nitrogens is 4. The second-order valence-electron chi connectivity index (χ2n) is 9.37. The van der Waals surface area contributed by atoms with Gasteiger partial charge in [0.05, 0.1) is 12.2 Å². The number of rotatable bonds is 7. The molecule has 1 amide bonds. The summed E-state index contributed by atoms with van der Waals surface area (Å²) in [5, 5.41) is 3.22. The van der Waals surface area contributed by atoms with E-state index >= 15 is 0 Å². The third-order valence-electron chi connectivity index (χ3n) is 7.10. The summed E-state index contributed by atoms with van der Waals surface area (Å²) in [5.74, 6) is 1.72. The summed E-state index contributed by atoms with van der Waals surface area (Å²) < 4.78 is 0. The molecule has 1 aromatic carbocycles. The van der Waals surface area contributed by atoms with Crippen LogP contribution in [0.2, 0.25) is 0 Å². The maximum Gasteiger partial charge on any atom is 0.224 e. The first kappa shape index (κ1) is 21.8. The first-order valence-electron chi connectivity index (χ1n) is 12.2. The molecule has 2 N–H and O–H groups in total. The average Bonchev–Trinajstić information content (AvgIpc) is 3.35. The lowest BCUT2D eigenvalue weighted by Crippen LogP contribution is -2.44. The van der Waals surface area contributed by atoms with Crippen LogP contribution in [0.1, 0.15) is 37.7 Å². The van der Waals surface area contributed by atoms with Crippen molar-refractivity contribution in [3.05, 3.63) is 48.5 Å². The largest absolute Gasteiger partial charge is 0.356 e. The van der Waals surface area contributed by atoms with Gasteiger partial charge in [0.15, 0.2) is 11.5 Å². The van der Waals surface area contributed by atoms with Crippen molar-refractivity contribution in [3.8, 4) is 0 Å². The number of fused-ring (bicyclic) bond motifs is 1. The zero-order chi connectivity index (χ0) is 22.5. The summed E-state index contributed by atoms with van der Waals surface area (Å²) in [6.45, 7) is 5.69. The molecular formula is C25H33N7O. The molecule has 0 unspecified atom stereocenters. The molecule has 0 saturated carbocycles. The molecule has 2 aromatic heterocycles. The maximum absolute atomic E-state index is 12.9. The number of imidazole rings is 1. The summed E-state index contributed by atoms with van der Waals surface area (Å²) in [7, 11) is 0. The van der Waals surface area contributed by atoms with Crippen molar-refractivity contribution >= 4 is 22.9 Å². The van der Waals surface area contributed by atoms with Crippen molar-refractivity contribution in [1.29, 1.82) is 0 Å². The first-order chi connectivity index (χ1) is 16.3. The van der Waals surface area contributed by atoms with Crippen LogP contribution in [0.3, 0.4) is 0 Å². The van der Waals surface area contributed by atoms with Gasteiger partial charge in [-0.1, -0.05) is 30.3 Å². The van der Waals surface area contributed by atoms with E-state index < -0.39 is 0 Å². The number of likely N-dealkylation sites (tertiary alicyclic amines) is 1. The fraction of sp³-hybridized carbons (Fsp3) is 0.520. The van der Waals surface area contributed by atoms with Crippen LogP contribution in [0.5, 0.6) is 0 Å². The number of anilines is 1. The minimum absolute atomic E-state index is 0.000550. The van der Waals surface area contributed by atoms with Gasteiger partial charge >= 0.3 is 0 Å². The third-order valence-corrected chi connectivity index (χ3v) is 7.10. The van der Waals surface area contributed by atoms with Gasteiger partial charge in [-0.15, -0.1) is 0 Å². The zero-order valence-corrected chi connectivity index (χ0v) is 19.1. The fourth-order valence-corrected chi connectivity index (χ4v) is 5.19. The topological polar surface area (TPSA) is 90.0 Å². The van der Waals surface area contributed by atoms with Gasteiger partial charge in [0.25, 0.3) is 0 Å². The van der Waals surface area contributed by atoms with Gasteiger partial charge in [-0.3, -0.25) is 9.69 Å². The van der Waals surface area contributed by atoms with Crippen LogP contribution >= 0.6 is 0 Å².